The maximum Gasteiger partial charge on any atom is 2.00 e. The molecule has 0 bridgehead atoms. The van der Waals surface area contributed by atoms with Crippen LogP contribution in [0.4, 0.5) is 4.39 Å². The first-order chi connectivity index (χ1) is 15.2. The number of benzene rings is 1. The Morgan fingerprint density at radius 3 is 2.58 bits per heavy atom. The van der Waals surface area contributed by atoms with Crippen molar-refractivity contribution in [3.63, 3.8) is 0 Å². The second kappa shape index (κ2) is 11.1. The first kappa shape index (κ1) is 26.7. The van der Waals surface area contributed by atoms with Crippen LogP contribution >= 0.6 is 0 Å². The van der Waals surface area contributed by atoms with Crippen molar-refractivity contribution in [2.75, 3.05) is 0 Å². The molecule has 3 rings (SSSR count). The average Bonchev–Trinajstić information content (AvgIpc) is 3.14. The second-order valence-corrected chi connectivity index (χ2v) is 8.88. The number of carbonyl (C=O) groups excluding carboxylic acids is 2. The minimum atomic E-state index is -0.978. The molecule has 1 heterocycles. The number of aryl methyl sites for hydroxylation is 1. The molecule has 0 fully saturated rings. The maximum atomic E-state index is 13.6. The van der Waals surface area contributed by atoms with Crippen LogP contribution in [-0.2, 0) is 26.7 Å². The molecule has 2 aromatic rings. The number of aromatic nitrogens is 2. The number of rotatable bonds is 8. The molecule has 7 heteroatoms. The van der Waals surface area contributed by atoms with Crippen LogP contribution in [0.5, 0.6) is 0 Å². The smallest absolute Gasteiger partial charge is 0.540 e. The van der Waals surface area contributed by atoms with Crippen molar-refractivity contribution in [1.29, 1.82) is 0 Å². The van der Waals surface area contributed by atoms with Crippen LogP contribution in [0.1, 0.15) is 69.3 Å². The average molecular weight is 490 g/mol. The Hall–Kier alpha value is -2.50. The van der Waals surface area contributed by atoms with E-state index in [0.29, 0.717) is 23.2 Å². The van der Waals surface area contributed by atoms with E-state index in [1.54, 1.807) is 16.8 Å². The zero-order chi connectivity index (χ0) is 23.5. The zero-order valence-corrected chi connectivity index (χ0v) is 20.8. The molecular formula is C26H30FMnN3O2. The summed E-state index contributed by atoms with van der Waals surface area (Å²) < 4.78 is 15.4. The van der Waals surface area contributed by atoms with E-state index in [0.717, 1.165) is 12.0 Å². The quantitative estimate of drug-likeness (QED) is 0.430. The molecule has 4 atom stereocenters. The van der Waals surface area contributed by atoms with E-state index in [1.165, 1.54) is 12.1 Å². The van der Waals surface area contributed by atoms with Gasteiger partial charge in [0, 0.05) is 6.04 Å². The molecule has 1 radical (unpaired) electrons. The summed E-state index contributed by atoms with van der Waals surface area (Å²) in [5, 5.41) is 7.48. The summed E-state index contributed by atoms with van der Waals surface area (Å²) in [5.74, 6) is -1.22. The predicted molar refractivity (Wildman–Crippen MR) is 122 cm³/mol. The fourth-order valence-corrected chi connectivity index (χ4v) is 4.08. The fourth-order valence-electron chi connectivity index (χ4n) is 4.08. The summed E-state index contributed by atoms with van der Waals surface area (Å²) in [7, 11) is 0. The van der Waals surface area contributed by atoms with Gasteiger partial charge in [-0.3, -0.25) is 9.89 Å². The van der Waals surface area contributed by atoms with E-state index >= 15 is 0 Å². The van der Waals surface area contributed by atoms with Crippen LogP contribution in [0.15, 0.2) is 48.1 Å². The Kier molecular flexibility index (Phi) is 8.98. The molecule has 5 nitrogen and oxygen atoms in total. The molecule has 33 heavy (non-hydrogen) atoms. The van der Waals surface area contributed by atoms with Gasteiger partial charge in [0.15, 0.2) is 0 Å². The second-order valence-electron chi connectivity index (χ2n) is 8.88. The molecule has 0 saturated heterocycles. The van der Waals surface area contributed by atoms with E-state index in [9.17, 15) is 14.0 Å². The SMILES string of the molecule is CCC(C)n1[c-]c([C@H](c2ccc(F)cc2)[C@@H]([C-]=O)NC(=O)C2(C)C=CC=C(C)C2)c(C)n1.[Mn+2]. The van der Waals surface area contributed by atoms with E-state index in [-0.39, 0.29) is 34.8 Å². The van der Waals surface area contributed by atoms with Crippen molar-refractivity contribution in [1.82, 2.24) is 15.1 Å². The van der Waals surface area contributed by atoms with Crippen molar-refractivity contribution < 1.29 is 31.0 Å². The number of nitrogens with zero attached hydrogens (tertiary/aromatic N) is 2. The summed E-state index contributed by atoms with van der Waals surface area (Å²) in [6, 6.07) is 5.10. The monoisotopic (exact) mass is 490 g/mol. The molecule has 2 unspecified atom stereocenters. The van der Waals surface area contributed by atoms with Gasteiger partial charge < -0.3 is 14.8 Å². The molecular weight excluding hydrogens is 460 g/mol. The Bertz CT molecular complexity index is 1040. The van der Waals surface area contributed by atoms with Crippen molar-refractivity contribution in [2.24, 2.45) is 5.41 Å². The van der Waals surface area contributed by atoms with E-state index in [4.69, 9.17) is 0 Å². The van der Waals surface area contributed by atoms with Gasteiger partial charge in [0.05, 0.1) is 5.41 Å². The minimum absolute atomic E-state index is 0. The molecule has 1 amide bonds. The molecule has 1 N–H and O–H groups in total. The predicted octanol–water partition coefficient (Wildman–Crippen LogP) is 4.74. The van der Waals surface area contributed by atoms with Crippen molar-refractivity contribution >= 4 is 12.2 Å². The van der Waals surface area contributed by atoms with E-state index in [2.05, 4.69) is 23.5 Å². The number of amides is 1. The first-order valence-electron chi connectivity index (χ1n) is 11.0. The Balaban J connectivity index is 0.00000385. The molecule has 0 saturated carbocycles. The normalized spacial score (nSPS) is 20.2. The summed E-state index contributed by atoms with van der Waals surface area (Å²) in [6.45, 7) is 9.77. The maximum absolute atomic E-state index is 13.6. The molecule has 0 aliphatic heterocycles. The number of halogens is 1. The summed E-state index contributed by atoms with van der Waals surface area (Å²) >= 11 is 0. The van der Waals surface area contributed by atoms with Crippen LogP contribution in [-0.4, -0.2) is 28.0 Å². The van der Waals surface area contributed by atoms with Gasteiger partial charge in [-0.15, -0.1) is 6.20 Å². The third-order valence-electron chi connectivity index (χ3n) is 6.19. The standard InChI is InChI=1S/C26H30FN3O2.Mn/c1-6-18(3)30-15-22(19(4)29-30)24(20-9-11-21(27)12-10-20)23(16-31)28-25(32)26(5)13-7-8-17(2)14-26;/h7-13,18,23-24H,6,14H2,1-5H3,(H,28,32);/q-2;+2/t18?,23-,24+,26?;/m1./s1. The molecule has 1 aliphatic carbocycles. The van der Waals surface area contributed by atoms with Crippen molar-refractivity contribution in [3.05, 3.63) is 76.9 Å². The Labute approximate surface area is 206 Å². The minimum Gasteiger partial charge on any atom is -0.540 e. The van der Waals surface area contributed by atoms with E-state index in [1.807, 2.05) is 52.2 Å². The van der Waals surface area contributed by atoms with E-state index < -0.39 is 17.4 Å². The van der Waals surface area contributed by atoms with Crippen LogP contribution in [0, 0.1) is 24.4 Å². The largest absolute Gasteiger partial charge is 2.00 e. The molecule has 1 aromatic carbocycles. The van der Waals surface area contributed by atoms with Crippen LogP contribution in [0.3, 0.4) is 0 Å². The van der Waals surface area contributed by atoms with Gasteiger partial charge in [0.25, 0.3) is 0 Å². The Morgan fingerprint density at radius 2 is 2.00 bits per heavy atom. The third-order valence-corrected chi connectivity index (χ3v) is 6.19. The van der Waals surface area contributed by atoms with Crippen molar-refractivity contribution in [2.45, 2.75) is 65.5 Å². The van der Waals surface area contributed by atoms with Crippen LogP contribution < -0.4 is 5.32 Å². The van der Waals surface area contributed by atoms with Gasteiger partial charge in [0.1, 0.15) is 5.82 Å². The summed E-state index contributed by atoms with van der Waals surface area (Å²) in [4.78, 5) is 25.4. The van der Waals surface area contributed by atoms with Crippen LogP contribution in [0.2, 0.25) is 0 Å². The van der Waals surface area contributed by atoms with Gasteiger partial charge in [0.2, 0.25) is 5.91 Å². The van der Waals surface area contributed by atoms with Gasteiger partial charge >= 0.3 is 17.1 Å². The van der Waals surface area contributed by atoms with Gasteiger partial charge in [-0.05, 0) is 57.2 Å². The topological polar surface area (TPSA) is 64.0 Å². The van der Waals surface area contributed by atoms with Gasteiger partial charge in [-0.1, -0.05) is 61.5 Å². The summed E-state index contributed by atoms with van der Waals surface area (Å²) in [5.41, 5.74) is 2.40. The fraction of sp³-hybridized carbons (Fsp3) is 0.423. The molecule has 1 aliphatic rings. The number of allylic oxidation sites excluding steroid dienone is 3. The number of nitrogens with one attached hydrogen (secondary N) is 1. The van der Waals surface area contributed by atoms with Crippen LogP contribution in [0.25, 0.3) is 0 Å². The van der Waals surface area contributed by atoms with Gasteiger partial charge in [-0.25, -0.2) is 10.7 Å². The van der Waals surface area contributed by atoms with Gasteiger partial charge in [-0.2, -0.15) is 5.56 Å². The number of hydrogen-bond acceptors (Lipinski definition) is 3. The third kappa shape index (κ3) is 5.90. The summed E-state index contributed by atoms with van der Waals surface area (Å²) in [6.07, 6.45) is 12.4. The first-order valence-corrected chi connectivity index (χ1v) is 11.0. The molecule has 0 spiro atoms. The number of carbonyl (C=O) groups is 1. The number of hydrogen-bond donors (Lipinski definition) is 1. The molecule has 1 aromatic heterocycles. The Morgan fingerprint density at radius 1 is 1.33 bits per heavy atom. The molecule has 175 valence electrons. The van der Waals surface area contributed by atoms with Crippen molar-refractivity contribution in [3.8, 4) is 0 Å². The zero-order valence-electron chi connectivity index (χ0n) is 19.7.